The molecule has 0 aliphatic carbocycles. The van der Waals surface area contributed by atoms with Gasteiger partial charge in [0, 0.05) is 6.04 Å². The SMILES string of the molecule is C[C@@H]1C[C@H](N)[C@@H](O)[C@H](C)O1. The highest BCUT2D eigenvalue weighted by atomic mass is 16.5. The molecular formula is C7H15NO2. The van der Waals surface area contributed by atoms with Gasteiger partial charge in [0.05, 0.1) is 18.3 Å². The van der Waals surface area contributed by atoms with E-state index in [1.54, 1.807) is 0 Å². The number of aliphatic hydroxyl groups is 1. The van der Waals surface area contributed by atoms with Gasteiger partial charge in [-0.2, -0.15) is 0 Å². The van der Waals surface area contributed by atoms with E-state index >= 15 is 0 Å². The minimum absolute atomic E-state index is 0.112. The van der Waals surface area contributed by atoms with Crippen molar-refractivity contribution in [2.24, 2.45) is 5.73 Å². The predicted octanol–water partition coefficient (Wildman–Crippen LogP) is -0.128. The van der Waals surface area contributed by atoms with Crippen molar-refractivity contribution >= 4 is 0 Å². The first kappa shape index (κ1) is 7.98. The molecule has 1 fully saturated rings. The molecule has 1 saturated heterocycles. The number of hydrogen-bond acceptors (Lipinski definition) is 3. The van der Waals surface area contributed by atoms with Crippen LogP contribution in [-0.2, 0) is 4.74 Å². The smallest absolute Gasteiger partial charge is 0.0950 e. The molecule has 1 heterocycles. The third-order valence-corrected chi connectivity index (χ3v) is 1.97. The number of nitrogens with two attached hydrogens (primary N) is 1. The van der Waals surface area contributed by atoms with Gasteiger partial charge in [-0.05, 0) is 20.3 Å². The Bertz CT molecular complexity index is 106. The molecule has 0 unspecified atom stereocenters. The van der Waals surface area contributed by atoms with Crippen LogP contribution in [0.5, 0.6) is 0 Å². The van der Waals surface area contributed by atoms with Crippen LogP contribution in [0, 0.1) is 0 Å². The summed E-state index contributed by atoms with van der Waals surface area (Å²) in [4.78, 5) is 0. The number of hydrogen-bond donors (Lipinski definition) is 2. The van der Waals surface area contributed by atoms with E-state index in [0.29, 0.717) is 0 Å². The molecule has 3 nitrogen and oxygen atoms in total. The first-order valence-electron chi connectivity index (χ1n) is 3.70. The Balaban J connectivity index is 2.49. The third kappa shape index (κ3) is 1.48. The fourth-order valence-electron chi connectivity index (χ4n) is 1.37. The van der Waals surface area contributed by atoms with Crippen LogP contribution in [0.25, 0.3) is 0 Å². The van der Waals surface area contributed by atoms with Gasteiger partial charge in [-0.3, -0.25) is 0 Å². The van der Waals surface area contributed by atoms with Crippen LogP contribution in [-0.4, -0.2) is 29.5 Å². The van der Waals surface area contributed by atoms with Crippen LogP contribution in [0.15, 0.2) is 0 Å². The molecular weight excluding hydrogens is 130 g/mol. The zero-order valence-electron chi connectivity index (χ0n) is 6.45. The lowest BCUT2D eigenvalue weighted by atomic mass is 9.98. The monoisotopic (exact) mass is 145 g/mol. The lowest BCUT2D eigenvalue weighted by molar-refractivity contribution is -0.110. The topological polar surface area (TPSA) is 55.5 Å². The van der Waals surface area contributed by atoms with Crippen LogP contribution < -0.4 is 5.73 Å². The van der Waals surface area contributed by atoms with Crippen LogP contribution in [0.4, 0.5) is 0 Å². The third-order valence-electron chi connectivity index (χ3n) is 1.97. The molecule has 0 saturated carbocycles. The maximum atomic E-state index is 9.31. The predicted molar refractivity (Wildman–Crippen MR) is 38.6 cm³/mol. The van der Waals surface area contributed by atoms with Crippen LogP contribution >= 0.6 is 0 Å². The summed E-state index contributed by atoms with van der Waals surface area (Å²) in [6.45, 7) is 3.82. The molecule has 0 aromatic heterocycles. The molecule has 0 aromatic carbocycles. The highest BCUT2D eigenvalue weighted by molar-refractivity contribution is 4.84. The molecule has 3 N–H and O–H groups in total. The van der Waals surface area contributed by atoms with Gasteiger partial charge in [0.2, 0.25) is 0 Å². The second-order valence-electron chi connectivity index (χ2n) is 3.04. The van der Waals surface area contributed by atoms with Gasteiger partial charge in [0.15, 0.2) is 0 Å². The van der Waals surface area contributed by atoms with Crippen LogP contribution in [0.1, 0.15) is 20.3 Å². The van der Waals surface area contributed by atoms with E-state index in [1.807, 2.05) is 13.8 Å². The zero-order chi connectivity index (χ0) is 7.72. The van der Waals surface area contributed by atoms with Crippen molar-refractivity contribution in [1.82, 2.24) is 0 Å². The van der Waals surface area contributed by atoms with Crippen molar-refractivity contribution in [3.05, 3.63) is 0 Å². The van der Waals surface area contributed by atoms with Crippen LogP contribution in [0.3, 0.4) is 0 Å². The minimum atomic E-state index is -0.490. The van der Waals surface area contributed by atoms with Gasteiger partial charge < -0.3 is 15.6 Å². The molecule has 0 radical (unpaired) electrons. The molecule has 10 heavy (non-hydrogen) atoms. The summed E-state index contributed by atoms with van der Waals surface area (Å²) in [5, 5.41) is 9.31. The van der Waals surface area contributed by atoms with Gasteiger partial charge >= 0.3 is 0 Å². The average molecular weight is 145 g/mol. The summed E-state index contributed by atoms with van der Waals surface area (Å²) in [5.41, 5.74) is 5.63. The van der Waals surface area contributed by atoms with Crippen molar-refractivity contribution in [3.63, 3.8) is 0 Å². The van der Waals surface area contributed by atoms with E-state index in [-0.39, 0.29) is 18.2 Å². The Kier molecular flexibility index (Phi) is 2.28. The van der Waals surface area contributed by atoms with Gasteiger partial charge in [-0.1, -0.05) is 0 Å². The Morgan fingerprint density at radius 2 is 2.10 bits per heavy atom. The van der Waals surface area contributed by atoms with Gasteiger partial charge in [-0.25, -0.2) is 0 Å². The number of ether oxygens (including phenoxy) is 1. The Morgan fingerprint density at radius 3 is 2.60 bits per heavy atom. The fourth-order valence-corrected chi connectivity index (χ4v) is 1.37. The summed E-state index contributed by atoms with van der Waals surface area (Å²) >= 11 is 0. The molecule has 0 amide bonds. The molecule has 0 aromatic rings. The quantitative estimate of drug-likeness (QED) is 0.499. The Morgan fingerprint density at radius 1 is 1.50 bits per heavy atom. The maximum absolute atomic E-state index is 9.31. The van der Waals surface area contributed by atoms with E-state index < -0.39 is 6.10 Å². The number of rotatable bonds is 0. The van der Waals surface area contributed by atoms with E-state index in [0.717, 1.165) is 6.42 Å². The second kappa shape index (κ2) is 2.86. The molecule has 60 valence electrons. The highest BCUT2D eigenvalue weighted by Gasteiger charge is 2.30. The normalized spacial score (nSPS) is 49.2. The van der Waals surface area contributed by atoms with Crippen LogP contribution in [0.2, 0.25) is 0 Å². The average Bonchev–Trinajstić information content (AvgIpc) is 1.82. The molecule has 1 aliphatic rings. The van der Waals surface area contributed by atoms with Crippen molar-refractivity contribution in [2.45, 2.75) is 44.6 Å². The van der Waals surface area contributed by atoms with Gasteiger partial charge in [-0.15, -0.1) is 0 Å². The van der Waals surface area contributed by atoms with E-state index in [1.165, 1.54) is 0 Å². The maximum Gasteiger partial charge on any atom is 0.0950 e. The fraction of sp³-hybridized carbons (Fsp3) is 1.00. The molecule has 0 spiro atoms. The zero-order valence-corrected chi connectivity index (χ0v) is 6.45. The van der Waals surface area contributed by atoms with Crippen molar-refractivity contribution in [1.29, 1.82) is 0 Å². The lowest BCUT2D eigenvalue weighted by Crippen LogP contribution is -2.50. The molecule has 0 bridgehead atoms. The first-order chi connectivity index (χ1) is 4.61. The van der Waals surface area contributed by atoms with Crippen molar-refractivity contribution in [2.75, 3.05) is 0 Å². The summed E-state index contributed by atoms with van der Waals surface area (Å²) in [7, 11) is 0. The Labute approximate surface area is 61.2 Å². The van der Waals surface area contributed by atoms with Gasteiger partial charge in [0.1, 0.15) is 0 Å². The van der Waals surface area contributed by atoms with E-state index in [4.69, 9.17) is 10.5 Å². The lowest BCUT2D eigenvalue weighted by Gasteiger charge is -2.34. The highest BCUT2D eigenvalue weighted by Crippen LogP contribution is 2.17. The molecule has 1 rings (SSSR count). The second-order valence-corrected chi connectivity index (χ2v) is 3.04. The van der Waals surface area contributed by atoms with E-state index in [9.17, 15) is 5.11 Å². The summed E-state index contributed by atoms with van der Waals surface area (Å²) in [6.07, 6.45) is 0.342. The largest absolute Gasteiger partial charge is 0.389 e. The Hall–Kier alpha value is -0.120. The summed E-state index contributed by atoms with van der Waals surface area (Å²) < 4.78 is 5.34. The standard InChI is InChI=1S/C7H15NO2/c1-4-3-6(8)7(9)5(2)10-4/h4-7,9H,3,8H2,1-2H3/t4-,5+,6+,7+/m1/s1. The summed E-state index contributed by atoms with van der Waals surface area (Å²) in [5.74, 6) is 0. The number of aliphatic hydroxyl groups excluding tert-OH is 1. The molecule has 3 heteroatoms. The molecule has 1 aliphatic heterocycles. The first-order valence-corrected chi connectivity index (χ1v) is 3.70. The van der Waals surface area contributed by atoms with E-state index in [2.05, 4.69) is 0 Å². The minimum Gasteiger partial charge on any atom is -0.389 e. The van der Waals surface area contributed by atoms with Crippen molar-refractivity contribution in [3.8, 4) is 0 Å². The molecule has 4 atom stereocenters. The van der Waals surface area contributed by atoms with Gasteiger partial charge in [0.25, 0.3) is 0 Å². The van der Waals surface area contributed by atoms with Crippen molar-refractivity contribution < 1.29 is 9.84 Å². The summed E-state index contributed by atoms with van der Waals surface area (Å²) in [6, 6.07) is -0.112.